The lowest BCUT2D eigenvalue weighted by Gasteiger charge is -2.54. The first kappa shape index (κ1) is 19.7. The quantitative estimate of drug-likeness (QED) is 0.531. The van der Waals surface area contributed by atoms with Crippen molar-refractivity contribution in [2.45, 2.75) is 32.7 Å². The molecule has 6 rings (SSSR count). The summed E-state index contributed by atoms with van der Waals surface area (Å²) in [7, 11) is 1.90. The van der Waals surface area contributed by atoms with Crippen LogP contribution in [0.4, 0.5) is 5.82 Å². The normalized spacial score (nSPS) is 17.0. The van der Waals surface area contributed by atoms with E-state index in [2.05, 4.69) is 20.7 Å². The molecule has 31 heavy (non-hydrogen) atoms. The largest absolute Gasteiger partial charge is 0.367 e. The van der Waals surface area contributed by atoms with Gasteiger partial charge in [0.2, 0.25) is 0 Å². The minimum atomic E-state index is 0.511. The molecule has 4 aromatic heterocycles. The van der Waals surface area contributed by atoms with E-state index in [0.717, 1.165) is 47.2 Å². The zero-order chi connectivity index (χ0) is 21.4. The van der Waals surface area contributed by atoms with Crippen molar-refractivity contribution < 1.29 is 0 Å². The third-order valence-corrected chi connectivity index (χ3v) is 6.09. The van der Waals surface area contributed by atoms with Crippen molar-refractivity contribution in [3.8, 4) is 22.6 Å². The Balaban J connectivity index is 0.000000994. The number of pyridine rings is 1. The molecule has 0 radical (unpaired) electrons. The van der Waals surface area contributed by atoms with Gasteiger partial charge in [-0.2, -0.15) is 10.2 Å². The Hall–Kier alpha value is -3.26. The molecule has 0 bridgehead atoms. The van der Waals surface area contributed by atoms with Crippen LogP contribution < -0.4 is 10.6 Å². The van der Waals surface area contributed by atoms with Crippen LogP contribution in [0.1, 0.15) is 26.7 Å². The number of hydrogen-bond acceptors (Lipinski definition) is 6. The Labute approximate surface area is 181 Å². The third kappa shape index (κ3) is 3.57. The van der Waals surface area contributed by atoms with Crippen LogP contribution in [-0.2, 0) is 7.05 Å². The van der Waals surface area contributed by atoms with E-state index in [4.69, 9.17) is 10.1 Å². The summed E-state index contributed by atoms with van der Waals surface area (Å²) >= 11 is 0. The number of fused-ring (bicyclic) bond motifs is 1. The minimum absolute atomic E-state index is 0.511. The summed E-state index contributed by atoms with van der Waals surface area (Å²) in [5.74, 6) is 0.910. The fourth-order valence-corrected chi connectivity index (χ4v) is 4.48. The highest BCUT2D eigenvalue weighted by atomic mass is 15.3. The Morgan fingerprint density at radius 3 is 2.61 bits per heavy atom. The monoisotopic (exact) mass is 416 g/mol. The van der Waals surface area contributed by atoms with E-state index in [9.17, 15) is 0 Å². The van der Waals surface area contributed by atoms with Crippen molar-refractivity contribution in [1.29, 1.82) is 0 Å². The second-order valence-electron chi connectivity index (χ2n) is 8.30. The number of rotatable bonds is 4. The van der Waals surface area contributed by atoms with Crippen LogP contribution in [0.3, 0.4) is 0 Å². The van der Waals surface area contributed by atoms with Crippen LogP contribution >= 0.6 is 0 Å². The van der Waals surface area contributed by atoms with Crippen molar-refractivity contribution in [2.24, 2.45) is 12.5 Å². The van der Waals surface area contributed by atoms with E-state index in [1.165, 1.54) is 12.8 Å². The van der Waals surface area contributed by atoms with Crippen molar-refractivity contribution in [1.82, 2.24) is 34.7 Å². The fourth-order valence-electron chi connectivity index (χ4n) is 4.48. The first-order valence-electron chi connectivity index (χ1n) is 11.0. The van der Waals surface area contributed by atoms with E-state index >= 15 is 0 Å². The van der Waals surface area contributed by atoms with Crippen LogP contribution in [0.15, 0.2) is 48.9 Å². The summed E-state index contributed by atoms with van der Waals surface area (Å²) in [5.41, 5.74) is 4.91. The van der Waals surface area contributed by atoms with Crippen molar-refractivity contribution >= 4 is 11.5 Å². The Bertz CT molecular complexity index is 1200. The van der Waals surface area contributed by atoms with Crippen LogP contribution in [-0.4, -0.2) is 48.5 Å². The average molecular weight is 417 g/mol. The molecule has 1 aliphatic heterocycles. The first-order chi connectivity index (χ1) is 15.2. The maximum atomic E-state index is 4.84. The van der Waals surface area contributed by atoms with Crippen molar-refractivity contribution in [3.63, 3.8) is 0 Å². The van der Waals surface area contributed by atoms with E-state index in [1.54, 1.807) is 4.68 Å². The van der Waals surface area contributed by atoms with Gasteiger partial charge in [-0.15, -0.1) is 0 Å². The molecule has 2 aliphatic rings. The fraction of sp³-hybridized carbons (Fsp3) is 0.391. The van der Waals surface area contributed by atoms with Gasteiger partial charge < -0.3 is 10.6 Å². The number of aromatic nitrogens is 6. The van der Waals surface area contributed by atoms with E-state index in [1.807, 2.05) is 74.3 Å². The molecule has 1 aliphatic carbocycles. The number of hydrogen-bond donors (Lipinski definition) is 2. The maximum absolute atomic E-state index is 4.84. The zero-order valence-electron chi connectivity index (χ0n) is 18.2. The van der Waals surface area contributed by atoms with Gasteiger partial charge in [0.15, 0.2) is 5.65 Å². The predicted octanol–water partition coefficient (Wildman–Crippen LogP) is 3.38. The third-order valence-electron chi connectivity index (χ3n) is 6.09. The van der Waals surface area contributed by atoms with E-state index in [0.29, 0.717) is 11.5 Å². The van der Waals surface area contributed by atoms with Gasteiger partial charge in [0, 0.05) is 37.9 Å². The molecule has 0 aromatic carbocycles. The van der Waals surface area contributed by atoms with Gasteiger partial charge in [-0.3, -0.25) is 4.68 Å². The first-order valence-corrected chi connectivity index (χ1v) is 11.0. The van der Waals surface area contributed by atoms with Gasteiger partial charge in [0.05, 0.1) is 23.8 Å². The second-order valence-corrected chi connectivity index (χ2v) is 8.30. The molecule has 0 amide bonds. The summed E-state index contributed by atoms with van der Waals surface area (Å²) in [6, 6.07) is 10.5. The number of nitrogens with zero attached hydrogens (tertiary/aromatic N) is 6. The molecule has 160 valence electrons. The Morgan fingerprint density at radius 2 is 1.90 bits per heavy atom. The highest BCUT2D eigenvalue weighted by molar-refractivity contribution is 5.64. The predicted molar refractivity (Wildman–Crippen MR) is 122 cm³/mol. The second kappa shape index (κ2) is 7.77. The van der Waals surface area contributed by atoms with Crippen LogP contribution in [0.2, 0.25) is 0 Å². The van der Waals surface area contributed by atoms with E-state index < -0.39 is 0 Å². The van der Waals surface area contributed by atoms with Gasteiger partial charge in [0.25, 0.3) is 0 Å². The molecule has 2 fully saturated rings. The molecule has 2 N–H and O–H groups in total. The highest BCUT2D eigenvalue weighted by Gasteiger charge is 2.48. The standard InChI is InChI=1S/C21H22N8.C2H6/c1-28-11-14(9-24-28)16-5-6-20-23-10-18(29(20)27-16)17-3-2-4-19(26-17)25-15-7-21(8-15)12-22-13-21;1-2/h2-6,9-11,15,22H,7-8,12-13H2,1H3,(H,25,26);1-2H3. The molecule has 1 saturated heterocycles. The van der Waals surface area contributed by atoms with Gasteiger partial charge in [-0.25, -0.2) is 14.5 Å². The van der Waals surface area contributed by atoms with Gasteiger partial charge in [0.1, 0.15) is 11.5 Å². The summed E-state index contributed by atoms with van der Waals surface area (Å²) in [6.07, 6.45) is 8.04. The number of anilines is 1. The molecule has 8 heteroatoms. The lowest BCUT2D eigenvalue weighted by atomic mass is 9.62. The maximum Gasteiger partial charge on any atom is 0.154 e. The molecule has 5 heterocycles. The van der Waals surface area contributed by atoms with E-state index in [-0.39, 0.29) is 0 Å². The molecule has 1 saturated carbocycles. The molecule has 0 unspecified atom stereocenters. The minimum Gasteiger partial charge on any atom is -0.367 e. The molecular weight excluding hydrogens is 388 g/mol. The Kier molecular flexibility index (Phi) is 4.94. The molecule has 0 atom stereocenters. The lowest BCUT2D eigenvalue weighted by Crippen LogP contribution is -2.63. The van der Waals surface area contributed by atoms with Crippen LogP contribution in [0, 0.1) is 5.41 Å². The van der Waals surface area contributed by atoms with Gasteiger partial charge in [-0.05, 0) is 42.5 Å². The SMILES string of the molecule is CC.Cn1cc(-c2ccc3ncc(-c4cccc(NC5CC6(CNC6)C5)n4)n3n2)cn1. The number of aryl methyl sites for hydroxylation is 1. The summed E-state index contributed by atoms with van der Waals surface area (Å²) in [4.78, 5) is 9.34. The molecule has 1 spiro atoms. The topological polar surface area (TPSA) is 85.0 Å². The van der Waals surface area contributed by atoms with Gasteiger partial charge >= 0.3 is 0 Å². The number of imidazole rings is 1. The summed E-state index contributed by atoms with van der Waals surface area (Å²) in [6.45, 7) is 6.32. The summed E-state index contributed by atoms with van der Waals surface area (Å²) < 4.78 is 3.63. The highest BCUT2D eigenvalue weighted by Crippen LogP contribution is 2.45. The van der Waals surface area contributed by atoms with Crippen molar-refractivity contribution in [3.05, 3.63) is 48.9 Å². The average Bonchev–Trinajstić information content (AvgIpc) is 3.36. The molecule has 4 aromatic rings. The molecule has 8 nitrogen and oxygen atoms in total. The number of nitrogens with one attached hydrogen (secondary N) is 2. The van der Waals surface area contributed by atoms with Gasteiger partial charge in [-0.1, -0.05) is 19.9 Å². The van der Waals surface area contributed by atoms with Crippen LogP contribution in [0.5, 0.6) is 0 Å². The summed E-state index contributed by atoms with van der Waals surface area (Å²) in [5, 5.41) is 16.0. The van der Waals surface area contributed by atoms with Crippen molar-refractivity contribution in [2.75, 3.05) is 18.4 Å². The zero-order valence-corrected chi connectivity index (χ0v) is 18.2. The molecular formula is C23H28N8. The lowest BCUT2D eigenvalue weighted by molar-refractivity contribution is 0.0469. The van der Waals surface area contributed by atoms with Crippen LogP contribution in [0.25, 0.3) is 28.3 Å². The smallest absolute Gasteiger partial charge is 0.154 e. The Morgan fingerprint density at radius 1 is 1.06 bits per heavy atom.